The maximum absolute atomic E-state index is 13.3. The first-order chi connectivity index (χ1) is 22.1. The number of hydrogen-bond donors (Lipinski definition) is 4. The summed E-state index contributed by atoms with van der Waals surface area (Å²) in [6.07, 6.45) is -2.30. The zero-order chi connectivity index (χ0) is 34.4. The fraction of sp³-hybridized carbons (Fsp3) is 0.562. The van der Waals surface area contributed by atoms with Crippen LogP contribution in [0.5, 0.6) is 11.5 Å². The first kappa shape index (κ1) is 33.7. The highest BCUT2D eigenvalue weighted by Gasteiger charge is 2.72. The van der Waals surface area contributed by atoms with Crippen molar-refractivity contribution in [1.29, 1.82) is 0 Å². The van der Waals surface area contributed by atoms with Gasteiger partial charge in [-0.15, -0.1) is 0 Å². The van der Waals surface area contributed by atoms with Crippen molar-refractivity contribution in [1.82, 2.24) is 5.32 Å². The Kier molecular flexibility index (Phi) is 8.97. The van der Waals surface area contributed by atoms with Gasteiger partial charge in [0, 0.05) is 12.5 Å². The molecular formula is C32H37NO14. The van der Waals surface area contributed by atoms with Gasteiger partial charge in [-0.25, -0.2) is 9.59 Å². The van der Waals surface area contributed by atoms with Crippen LogP contribution in [0.2, 0.25) is 0 Å². The predicted molar refractivity (Wildman–Crippen MR) is 156 cm³/mol. The number of carbonyl (C=O) groups is 6. The van der Waals surface area contributed by atoms with Gasteiger partial charge in [-0.3, -0.25) is 19.2 Å². The molecule has 254 valence electrons. The number of nitrogens with one attached hydrogen (secondary N) is 1. The molecule has 3 aliphatic carbocycles. The summed E-state index contributed by atoms with van der Waals surface area (Å²) in [5, 5.41) is 32.4. The Labute approximate surface area is 269 Å². The van der Waals surface area contributed by atoms with Gasteiger partial charge in [0.1, 0.15) is 11.8 Å². The fourth-order valence-corrected chi connectivity index (χ4v) is 7.63. The van der Waals surface area contributed by atoms with Crippen molar-refractivity contribution in [3.63, 3.8) is 0 Å². The van der Waals surface area contributed by atoms with Crippen molar-refractivity contribution < 1.29 is 67.8 Å². The maximum atomic E-state index is 13.3. The smallest absolute Gasteiger partial charge is 0.348 e. The second-order valence-corrected chi connectivity index (χ2v) is 12.5. The molecule has 1 amide bonds. The second-order valence-electron chi connectivity index (χ2n) is 12.5. The van der Waals surface area contributed by atoms with Gasteiger partial charge in [0.2, 0.25) is 6.10 Å². The number of aliphatic hydroxyl groups is 1. The van der Waals surface area contributed by atoms with Gasteiger partial charge in [0.25, 0.3) is 5.91 Å². The number of aliphatic carboxylic acids is 2. The van der Waals surface area contributed by atoms with E-state index < -0.39 is 84.0 Å². The molecule has 8 atom stereocenters. The van der Waals surface area contributed by atoms with Crippen LogP contribution in [0.25, 0.3) is 0 Å². The molecule has 0 saturated heterocycles. The molecule has 2 bridgehead atoms. The summed E-state index contributed by atoms with van der Waals surface area (Å²) in [5.74, 6) is -6.22. The monoisotopic (exact) mass is 659 g/mol. The highest BCUT2D eigenvalue weighted by atomic mass is 16.6. The van der Waals surface area contributed by atoms with E-state index in [1.807, 2.05) is 17.4 Å². The molecule has 4 aliphatic rings. The Bertz CT molecular complexity index is 1550. The van der Waals surface area contributed by atoms with Crippen molar-refractivity contribution in [3.8, 4) is 11.5 Å². The minimum Gasteiger partial charge on any atom is -0.493 e. The number of rotatable bonds is 12. The Morgan fingerprint density at radius 1 is 1.11 bits per heavy atom. The summed E-state index contributed by atoms with van der Waals surface area (Å²) in [6.45, 7) is 4.20. The van der Waals surface area contributed by atoms with Gasteiger partial charge in [0.15, 0.2) is 23.7 Å². The van der Waals surface area contributed by atoms with Crippen LogP contribution in [0.4, 0.5) is 0 Å². The number of methoxy groups -OCH3 is 1. The molecular weight excluding hydrogens is 622 g/mol. The van der Waals surface area contributed by atoms with E-state index in [1.165, 1.54) is 7.11 Å². The van der Waals surface area contributed by atoms with Crippen LogP contribution in [-0.4, -0.2) is 88.1 Å². The van der Waals surface area contributed by atoms with Gasteiger partial charge in [-0.1, -0.05) is 13.0 Å². The average Bonchev–Trinajstić information content (AvgIpc) is 3.35. The standard InChI is InChI=1S/C32H37NO14/c1-14-7-9-31-25-17-5-6-20(43-4)26(25)47-27(31)21(8-10-32(31,42)18(14)11-17)46-24(37)13-22(45-16(3)34)30(41)44-15(2)28(38)33-19(29(39)40)12-23(35)36/h5-6,8,14-15,18-19,22,27,42H,7,9-13H2,1-4H3,(H,33,38)(H,35,36)(H,39,40)/t14?,15-,18-,19-,22-,27-,31-,32+/m0/s1. The normalized spacial score (nSPS) is 28.2. The molecule has 1 fully saturated rings. The van der Waals surface area contributed by atoms with Gasteiger partial charge in [-0.2, -0.15) is 0 Å². The Morgan fingerprint density at radius 3 is 2.47 bits per heavy atom. The number of benzene rings is 1. The second kappa shape index (κ2) is 12.5. The molecule has 1 saturated carbocycles. The zero-order valence-corrected chi connectivity index (χ0v) is 26.3. The summed E-state index contributed by atoms with van der Waals surface area (Å²) in [4.78, 5) is 72.7. The molecule has 15 nitrogen and oxygen atoms in total. The van der Waals surface area contributed by atoms with E-state index in [4.69, 9.17) is 33.9 Å². The van der Waals surface area contributed by atoms with Crippen LogP contribution in [0.1, 0.15) is 64.0 Å². The van der Waals surface area contributed by atoms with Gasteiger partial charge < -0.3 is 44.3 Å². The summed E-state index contributed by atoms with van der Waals surface area (Å²) in [5.41, 5.74) is -0.222. The number of carbonyl (C=O) groups excluding carboxylic acids is 4. The quantitative estimate of drug-likeness (QED) is 0.183. The minimum atomic E-state index is -1.84. The maximum Gasteiger partial charge on any atom is 0.348 e. The van der Waals surface area contributed by atoms with E-state index in [1.54, 1.807) is 6.08 Å². The van der Waals surface area contributed by atoms with E-state index in [-0.39, 0.29) is 24.0 Å². The van der Waals surface area contributed by atoms with E-state index >= 15 is 0 Å². The number of amides is 1. The topological polar surface area (TPSA) is 221 Å². The van der Waals surface area contributed by atoms with Crippen molar-refractivity contribution in [2.24, 2.45) is 11.8 Å². The first-order valence-electron chi connectivity index (χ1n) is 15.3. The molecule has 47 heavy (non-hydrogen) atoms. The lowest BCUT2D eigenvalue weighted by atomic mass is 9.45. The van der Waals surface area contributed by atoms with Crippen LogP contribution < -0.4 is 14.8 Å². The molecule has 1 aromatic carbocycles. The highest BCUT2D eigenvalue weighted by molar-refractivity contribution is 5.91. The number of ether oxygens (including phenoxy) is 5. The number of hydrogen-bond acceptors (Lipinski definition) is 12. The lowest BCUT2D eigenvalue weighted by Gasteiger charge is -2.61. The Morgan fingerprint density at radius 2 is 1.83 bits per heavy atom. The molecule has 1 spiro atoms. The molecule has 1 heterocycles. The van der Waals surface area contributed by atoms with Crippen molar-refractivity contribution in [2.75, 3.05) is 7.11 Å². The van der Waals surface area contributed by atoms with E-state index in [0.29, 0.717) is 24.3 Å². The SMILES string of the molecule is COc1ccc2c3c1O[C@H]1C(OC(=O)C[C@H](OC(C)=O)C(=O)O[C@@H](C)C(=O)N[C@@H](CC(=O)O)C(=O)O)=CC[C@@]4(O)[C@@H](C2)C(C)CC[C@]314. The third-order valence-electron chi connectivity index (χ3n) is 9.75. The van der Waals surface area contributed by atoms with Crippen LogP contribution in [0.3, 0.4) is 0 Å². The summed E-state index contributed by atoms with van der Waals surface area (Å²) < 4.78 is 27.8. The third kappa shape index (κ3) is 5.77. The summed E-state index contributed by atoms with van der Waals surface area (Å²) in [6, 6.07) is 1.99. The lowest BCUT2D eigenvalue weighted by molar-refractivity contribution is -0.177. The predicted octanol–water partition coefficient (Wildman–Crippen LogP) is 1.16. The number of carboxylic acids is 2. The van der Waals surface area contributed by atoms with Crippen LogP contribution in [-0.2, 0) is 54.8 Å². The molecule has 4 N–H and O–H groups in total. The minimum absolute atomic E-state index is 0.0695. The molecule has 1 unspecified atom stereocenters. The molecule has 1 aliphatic heterocycles. The van der Waals surface area contributed by atoms with E-state index in [2.05, 4.69) is 6.92 Å². The van der Waals surface area contributed by atoms with Crippen LogP contribution in [0.15, 0.2) is 24.0 Å². The first-order valence-corrected chi connectivity index (χ1v) is 15.3. The Balaban J connectivity index is 1.33. The average molecular weight is 660 g/mol. The van der Waals surface area contributed by atoms with Crippen molar-refractivity contribution in [3.05, 3.63) is 35.1 Å². The lowest BCUT2D eigenvalue weighted by Crippen LogP contribution is -2.69. The van der Waals surface area contributed by atoms with Crippen LogP contribution in [0, 0.1) is 11.8 Å². The van der Waals surface area contributed by atoms with Crippen molar-refractivity contribution >= 4 is 35.8 Å². The van der Waals surface area contributed by atoms with E-state index in [0.717, 1.165) is 31.4 Å². The van der Waals surface area contributed by atoms with Crippen molar-refractivity contribution in [2.45, 2.75) is 94.7 Å². The molecule has 1 aromatic rings. The fourth-order valence-electron chi connectivity index (χ4n) is 7.63. The highest BCUT2D eigenvalue weighted by Crippen LogP contribution is 2.68. The Hall–Kier alpha value is -4.66. The number of carboxylic acid groups (broad SMARTS) is 2. The third-order valence-corrected chi connectivity index (χ3v) is 9.75. The molecule has 0 radical (unpaired) electrons. The largest absolute Gasteiger partial charge is 0.493 e. The molecule has 0 aromatic heterocycles. The summed E-state index contributed by atoms with van der Waals surface area (Å²) >= 11 is 0. The van der Waals surface area contributed by atoms with E-state index in [9.17, 15) is 33.9 Å². The molecule has 15 heteroatoms. The zero-order valence-electron chi connectivity index (χ0n) is 26.3. The molecule has 5 rings (SSSR count). The van der Waals surface area contributed by atoms with Gasteiger partial charge in [-0.05, 0) is 62.1 Å². The van der Waals surface area contributed by atoms with Crippen LogP contribution >= 0.6 is 0 Å². The van der Waals surface area contributed by atoms with Gasteiger partial charge in [0.05, 0.1) is 31.0 Å². The van der Waals surface area contributed by atoms with Gasteiger partial charge >= 0.3 is 29.8 Å². The summed E-state index contributed by atoms with van der Waals surface area (Å²) in [7, 11) is 1.51. The number of esters is 3.